The van der Waals surface area contributed by atoms with E-state index in [4.69, 9.17) is 5.73 Å². The molecule has 2 N–H and O–H groups in total. The molecule has 1 aromatic rings. The summed E-state index contributed by atoms with van der Waals surface area (Å²) >= 11 is 1.33. The van der Waals surface area contributed by atoms with Gasteiger partial charge in [-0.05, 0) is 11.1 Å². The molecule has 0 saturated carbocycles. The first-order valence-electron chi connectivity index (χ1n) is 4.13. The maximum atomic E-state index is 10.7. The molecule has 0 fully saturated rings. The highest BCUT2D eigenvalue weighted by atomic mass is 32.2. The zero-order chi connectivity index (χ0) is 9.68. The fraction of sp³-hybridized carbons (Fsp3) is 0.300. The van der Waals surface area contributed by atoms with Crippen molar-refractivity contribution in [3.63, 3.8) is 0 Å². The Bertz CT molecular complexity index is 281. The second kappa shape index (κ2) is 5.04. The quantitative estimate of drug-likeness (QED) is 0.801. The second-order valence-corrected chi connectivity index (χ2v) is 3.95. The van der Waals surface area contributed by atoms with Gasteiger partial charge >= 0.3 is 0 Å². The van der Waals surface area contributed by atoms with Gasteiger partial charge in [0.1, 0.15) is 0 Å². The van der Waals surface area contributed by atoms with Crippen LogP contribution in [-0.2, 0) is 17.1 Å². The lowest BCUT2D eigenvalue weighted by Crippen LogP contribution is -1.95. The van der Waals surface area contributed by atoms with Gasteiger partial charge in [-0.15, -0.1) is 0 Å². The summed E-state index contributed by atoms with van der Waals surface area (Å²) in [5.74, 6) is 0.750. The highest BCUT2D eigenvalue weighted by molar-refractivity contribution is 8.12. The van der Waals surface area contributed by atoms with E-state index in [1.807, 2.05) is 24.3 Å². The summed E-state index contributed by atoms with van der Waals surface area (Å²) in [6.07, 6.45) is 0. The topological polar surface area (TPSA) is 43.1 Å². The molecule has 0 aromatic heterocycles. The van der Waals surface area contributed by atoms with Crippen LogP contribution in [0.4, 0.5) is 0 Å². The van der Waals surface area contributed by atoms with Crippen molar-refractivity contribution >= 4 is 16.9 Å². The molecule has 1 rings (SSSR count). The van der Waals surface area contributed by atoms with Crippen molar-refractivity contribution in [2.45, 2.75) is 19.2 Å². The lowest BCUT2D eigenvalue weighted by atomic mass is 10.1. The van der Waals surface area contributed by atoms with E-state index >= 15 is 0 Å². The molecule has 70 valence electrons. The fourth-order valence-corrected chi connectivity index (χ4v) is 1.52. The van der Waals surface area contributed by atoms with Crippen molar-refractivity contribution in [3.8, 4) is 0 Å². The van der Waals surface area contributed by atoms with Crippen LogP contribution in [0.1, 0.15) is 18.1 Å². The van der Waals surface area contributed by atoms with Gasteiger partial charge in [0.05, 0.1) is 0 Å². The monoisotopic (exact) mass is 195 g/mol. The van der Waals surface area contributed by atoms with Crippen LogP contribution < -0.4 is 5.73 Å². The number of benzene rings is 1. The van der Waals surface area contributed by atoms with Crippen LogP contribution in [0.3, 0.4) is 0 Å². The third kappa shape index (κ3) is 3.61. The van der Waals surface area contributed by atoms with Gasteiger partial charge in [-0.2, -0.15) is 0 Å². The largest absolute Gasteiger partial charge is 0.326 e. The Labute approximate surface area is 82.5 Å². The van der Waals surface area contributed by atoms with Gasteiger partial charge in [0.25, 0.3) is 0 Å². The van der Waals surface area contributed by atoms with Gasteiger partial charge in [-0.1, -0.05) is 36.0 Å². The number of hydrogen-bond donors (Lipinski definition) is 1. The number of carbonyl (C=O) groups excluding carboxylic acids is 1. The van der Waals surface area contributed by atoms with Crippen LogP contribution >= 0.6 is 11.8 Å². The van der Waals surface area contributed by atoms with Gasteiger partial charge in [0.15, 0.2) is 5.12 Å². The minimum atomic E-state index is 0.155. The van der Waals surface area contributed by atoms with E-state index in [0.717, 1.165) is 16.9 Å². The average Bonchev–Trinajstić information content (AvgIpc) is 2.15. The molecular weight excluding hydrogens is 182 g/mol. The van der Waals surface area contributed by atoms with Gasteiger partial charge < -0.3 is 5.73 Å². The van der Waals surface area contributed by atoms with Crippen molar-refractivity contribution in [1.82, 2.24) is 0 Å². The number of carbonyl (C=O) groups is 1. The molecule has 0 amide bonds. The van der Waals surface area contributed by atoms with Gasteiger partial charge in [-0.25, -0.2) is 0 Å². The number of rotatable bonds is 3. The van der Waals surface area contributed by atoms with Crippen molar-refractivity contribution in [3.05, 3.63) is 35.4 Å². The smallest absolute Gasteiger partial charge is 0.186 e. The van der Waals surface area contributed by atoms with E-state index in [0.29, 0.717) is 6.54 Å². The molecule has 0 aliphatic heterocycles. The van der Waals surface area contributed by atoms with E-state index in [1.54, 1.807) is 6.92 Å². The van der Waals surface area contributed by atoms with Gasteiger partial charge in [0, 0.05) is 19.2 Å². The summed E-state index contributed by atoms with van der Waals surface area (Å²) in [6.45, 7) is 2.15. The van der Waals surface area contributed by atoms with Crippen LogP contribution in [0.2, 0.25) is 0 Å². The molecule has 0 radical (unpaired) electrons. The minimum Gasteiger partial charge on any atom is -0.326 e. The molecule has 0 spiro atoms. The van der Waals surface area contributed by atoms with Crippen molar-refractivity contribution in [2.24, 2.45) is 5.73 Å². The molecule has 0 atom stereocenters. The Balaban J connectivity index is 2.54. The van der Waals surface area contributed by atoms with Gasteiger partial charge in [0.2, 0.25) is 0 Å². The van der Waals surface area contributed by atoms with Crippen LogP contribution in [-0.4, -0.2) is 5.12 Å². The standard InChI is InChI=1S/C10H13NOS/c1-8(12)13-7-10-4-2-9(6-11)3-5-10/h2-5H,6-7,11H2,1H3. The summed E-state index contributed by atoms with van der Waals surface area (Å²) in [4.78, 5) is 10.7. The maximum absolute atomic E-state index is 10.7. The molecule has 0 saturated heterocycles. The molecule has 13 heavy (non-hydrogen) atoms. The van der Waals surface area contributed by atoms with Crippen molar-refractivity contribution in [2.75, 3.05) is 0 Å². The molecule has 3 heteroatoms. The molecule has 0 unspecified atom stereocenters. The lowest BCUT2D eigenvalue weighted by Gasteiger charge is -2.00. The Kier molecular flexibility index (Phi) is 3.99. The van der Waals surface area contributed by atoms with E-state index in [1.165, 1.54) is 11.8 Å². The number of nitrogens with two attached hydrogens (primary N) is 1. The number of hydrogen-bond acceptors (Lipinski definition) is 3. The van der Waals surface area contributed by atoms with E-state index < -0.39 is 0 Å². The highest BCUT2D eigenvalue weighted by Crippen LogP contribution is 2.13. The van der Waals surface area contributed by atoms with Crippen molar-refractivity contribution in [1.29, 1.82) is 0 Å². The lowest BCUT2D eigenvalue weighted by molar-refractivity contribution is -0.109. The third-order valence-corrected chi connectivity index (χ3v) is 2.58. The first kappa shape index (κ1) is 10.3. The Morgan fingerprint density at radius 3 is 2.31 bits per heavy atom. The van der Waals surface area contributed by atoms with Gasteiger partial charge in [-0.3, -0.25) is 4.79 Å². The van der Waals surface area contributed by atoms with Crippen molar-refractivity contribution < 1.29 is 4.79 Å². The molecular formula is C10H13NOS. The zero-order valence-electron chi connectivity index (χ0n) is 7.62. The SMILES string of the molecule is CC(=O)SCc1ccc(CN)cc1. The van der Waals surface area contributed by atoms with E-state index in [9.17, 15) is 4.79 Å². The molecule has 0 bridgehead atoms. The van der Waals surface area contributed by atoms with Crippen LogP contribution in [0.5, 0.6) is 0 Å². The Morgan fingerprint density at radius 2 is 1.85 bits per heavy atom. The predicted octanol–water partition coefficient (Wildman–Crippen LogP) is 1.93. The molecule has 1 aromatic carbocycles. The third-order valence-electron chi connectivity index (χ3n) is 1.70. The number of thioether (sulfide) groups is 1. The first-order valence-corrected chi connectivity index (χ1v) is 5.12. The summed E-state index contributed by atoms with van der Waals surface area (Å²) in [7, 11) is 0. The summed E-state index contributed by atoms with van der Waals surface area (Å²) in [5, 5.41) is 0.155. The molecule has 0 aliphatic carbocycles. The first-order chi connectivity index (χ1) is 6.22. The minimum absolute atomic E-state index is 0.155. The van der Waals surface area contributed by atoms with E-state index in [2.05, 4.69) is 0 Å². The zero-order valence-corrected chi connectivity index (χ0v) is 8.43. The van der Waals surface area contributed by atoms with E-state index in [-0.39, 0.29) is 5.12 Å². The molecule has 0 heterocycles. The fourth-order valence-electron chi connectivity index (χ4n) is 0.957. The summed E-state index contributed by atoms with van der Waals surface area (Å²) in [6, 6.07) is 8.02. The summed E-state index contributed by atoms with van der Waals surface area (Å²) in [5.41, 5.74) is 7.75. The van der Waals surface area contributed by atoms with Crippen LogP contribution in [0.15, 0.2) is 24.3 Å². The second-order valence-electron chi connectivity index (χ2n) is 2.80. The summed E-state index contributed by atoms with van der Waals surface area (Å²) < 4.78 is 0. The Hall–Kier alpha value is -0.800. The Morgan fingerprint density at radius 1 is 1.31 bits per heavy atom. The average molecular weight is 195 g/mol. The molecule has 0 aliphatic rings. The maximum Gasteiger partial charge on any atom is 0.186 e. The normalized spacial score (nSPS) is 10.0. The highest BCUT2D eigenvalue weighted by Gasteiger charge is 1.96. The van der Waals surface area contributed by atoms with Crippen LogP contribution in [0, 0.1) is 0 Å². The molecule has 2 nitrogen and oxygen atoms in total. The predicted molar refractivity (Wildman–Crippen MR) is 56.3 cm³/mol. The van der Waals surface area contributed by atoms with Crippen LogP contribution in [0.25, 0.3) is 0 Å².